The molecule has 0 bridgehead atoms. The zero-order chi connectivity index (χ0) is 14.3. The summed E-state index contributed by atoms with van der Waals surface area (Å²) in [4.78, 5) is 0. The van der Waals surface area contributed by atoms with E-state index in [2.05, 4.69) is 27.7 Å². The van der Waals surface area contributed by atoms with Gasteiger partial charge in [0.05, 0.1) is 0 Å². The first kappa shape index (κ1) is 19.3. The third kappa shape index (κ3) is 10.8. The molecule has 0 rings (SSSR count). The van der Waals surface area contributed by atoms with Crippen LogP contribution >= 0.6 is 0 Å². The summed E-state index contributed by atoms with van der Waals surface area (Å²) in [6.45, 7) is 9.85. The molecule has 0 unspecified atom stereocenters. The van der Waals surface area contributed by atoms with Crippen LogP contribution in [0.2, 0.25) is 4.44 Å². The van der Waals surface area contributed by atoms with Gasteiger partial charge in [0, 0.05) is 0 Å². The van der Waals surface area contributed by atoms with Crippen LogP contribution in [0, 0.1) is 0 Å². The van der Waals surface area contributed by atoms with Gasteiger partial charge < -0.3 is 0 Å². The average Bonchev–Trinajstić information content (AvgIpc) is 2.43. The molecule has 2 radical (unpaired) electrons. The summed E-state index contributed by atoms with van der Waals surface area (Å²) in [5, 5.41) is 0. The Hall–Kier alpha value is 0.339. The molecule has 112 valence electrons. The number of allylic oxidation sites excluding steroid dienone is 2. The van der Waals surface area contributed by atoms with Crippen molar-refractivity contribution in [1.29, 1.82) is 0 Å². The van der Waals surface area contributed by atoms with Crippen LogP contribution in [0.4, 0.5) is 0 Å². The Morgan fingerprint density at radius 3 is 2.00 bits per heavy atom. The van der Waals surface area contributed by atoms with E-state index in [1.165, 1.54) is 68.0 Å². The Morgan fingerprint density at radius 1 is 0.789 bits per heavy atom. The SMILES string of the molecule is CCCC[CH2][Sn][C](CCCC)=C(CCCC)OCC. The summed E-state index contributed by atoms with van der Waals surface area (Å²) >= 11 is -0.352. The summed E-state index contributed by atoms with van der Waals surface area (Å²) in [6, 6.07) is 0. The summed E-state index contributed by atoms with van der Waals surface area (Å²) < 4.78 is 9.28. The van der Waals surface area contributed by atoms with Crippen LogP contribution in [0.25, 0.3) is 0 Å². The van der Waals surface area contributed by atoms with Gasteiger partial charge in [0.25, 0.3) is 0 Å². The molecule has 0 heterocycles. The molecular weight excluding hydrogens is 339 g/mol. The van der Waals surface area contributed by atoms with Gasteiger partial charge in [-0.1, -0.05) is 0 Å². The molecule has 19 heavy (non-hydrogen) atoms. The monoisotopic (exact) mass is 374 g/mol. The first-order valence-corrected chi connectivity index (χ1v) is 11.8. The maximum atomic E-state index is 5.98. The fraction of sp³-hybridized carbons (Fsp3) is 0.882. The third-order valence-corrected chi connectivity index (χ3v) is 7.76. The fourth-order valence-electron chi connectivity index (χ4n) is 2.12. The molecule has 0 N–H and O–H groups in total. The first-order valence-electron chi connectivity index (χ1n) is 8.38. The van der Waals surface area contributed by atoms with Crippen molar-refractivity contribution >= 4 is 21.1 Å². The number of rotatable bonds is 13. The van der Waals surface area contributed by atoms with Gasteiger partial charge in [-0.25, -0.2) is 0 Å². The quantitative estimate of drug-likeness (QED) is 0.221. The standard InChI is InChI=1S/C12H23O.C5H11.Sn/c1-4-7-9-11-12(13-6-3)10-8-5-2;1-3-5-4-2;/h4-10H2,1-3H3;1,3-5H2,2H3;. The summed E-state index contributed by atoms with van der Waals surface area (Å²) in [6.07, 6.45) is 12.0. The molecule has 0 saturated carbocycles. The molecule has 2 heteroatoms. The molecule has 0 amide bonds. The van der Waals surface area contributed by atoms with Crippen molar-refractivity contribution in [1.82, 2.24) is 0 Å². The van der Waals surface area contributed by atoms with Crippen molar-refractivity contribution < 1.29 is 4.74 Å². The van der Waals surface area contributed by atoms with E-state index in [9.17, 15) is 0 Å². The van der Waals surface area contributed by atoms with Crippen LogP contribution in [0.3, 0.4) is 0 Å². The van der Waals surface area contributed by atoms with Crippen LogP contribution in [-0.2, 0) is 4.74 Å². The van der Waals surface area contributed by atoms with Gasteiger partial charge in [-0.05, 0) is 0 Å². The Kier molecular flexibility index (Phi) is 15.0. The molecule has 0 spiro atoms. The second kappa shape index (κ2) is 14.7. The third-order valence-electron chi connectivity index (χ3n) is 3.31. The molecule has 0 fully saturated rings. The molecule has 0 atom stereocenters. The van der Waals surface area contributed by atoms with Gasteiger partial charge in [0.15, 0.2) is 0 Å². The van der Waals surface area contributed by atoms with E-state index in [1.807, 2.05) is 0 Å². The van der Waals surface area contributed by atoms with E-state index in [0.29, 0.717) is 0 Å². The Balaban J connectivity index is 4.48. The van der Waals surface area contributed by atoms with Crippen molar-refractivity contribution in [3.05, 3.63) is 9.35 Å². The average molecular weight is 373 g/mol. The van der Waals surface area contributed by atoms with Gasteiger partial charge in [0.2, 0.25) is 0 Å². The van der Waals surface area contributed by atoms with Crippen LogP contribution in [-0.4, -0.2) is 27.7 Å². The van der Waals surface area contributed by atoms with Crippen molar-refractivity contribution in [2.45, 2.75) is 89.9 Å². The molecule has 0 aromatic carbocycles. The topological polar surface area (TPSA) is 9.23 Å². The molecule has 0 aromatic rings. The molecule has 0 aliphatic carbocycles. The van der Waals surface area contributed by atoms with E-state index in [0.717, 1.165) is 6.61 Å². The molecular formula is C17H34OSn. The zero-order valence-electron chi connectivity index (χ0n) is 13.7. The molecule has 0 aliphatic rings. The first-order chi connectivity index (χ1) is 9.29. The fourth-order valence-corrected chi connectivity index (χ4v) is 6.33. The second-order valence-electron chi connectivity index (χ2n) is 5.18. The number of unbranched alkanes of at least 4 members (excludes halogenated alkanes) is 4. The van der Waals surface area contributed by atoms with E-state index in [1.54, 1.807) is 3.59 Å². The second-order valence-corrected chi connectivity index (χ2v) is 9.33. The Labute approximate surface area is 131 Å². The minimum atomic E-state index is -0.352. The van der Waals surface area contributed by atoms with E-state index >= 15 is 0 Å². The van der Waals surface area contributed by atoms with Crippen molar-refractivity contribution in [3.8, 4) is 0 Å². The Bertz CT molecular complexity index is 223. The zero-order valence-corrected chi connectivity index (χ0v) is 16.5. The summed E-state index contributed by atoms with van der Waals surface area (Å²) in [5.41, 5.74) is 0. The Morgan fingerprint density at radius 2 is 1.42 bits per heavy atom. The normalized spacial score (nSPS) is 12.4. The molecule has 0 saturated heterocycles. The van der Waals surface area contributed by atoms with Gasteiger partial charge in [-0.15, -0.1) is 0 Å². The van der Waals surface area contributed by atoms with Crippen LogP contribution in [0.5, 0.6) is 0 Å². The van der Waals surface area contributed by atoms with E-state index < -0.39 is 0 Å². The van der Waals surface area contributed by atoms with Crippen molar-refractivity contribution in [2.75, 3.05) is 6.61 Å². The van der Waals surface area contributed by atoms with Gasteiger partial charge in [0.1, 0.15) is 0 Å². The molecule has 1 nitrogen and oxygen atoms in total. The van der Waals surface area contributed by atoms with Gasteiger partial charge in [-0.2, -0.15) is 0 Å². The summed E-state index contributed by atoms with van der Waals surface area (Å²) in [7, 11) is 0. The number of hydrogen-bond donors (Lipinski definition) is 0. The van der Waals surface area contributed by atoms with Crippen LogP contribution in [0.1, 0.15) is 85.5 Å². The van der Waals surface area contributed by atoms with Crippen molar-refractivity contribution in [2.24, 2.45) is 0 Å². The van der Waals surface area contributed by atoms with Gasteiger partial charge >= 0.3 is 132 Å². The van der Waals surface area contributed by atoms with Crippen molar-refractivity contribution in [3.63, 3.8) is 0 Å². The minimum absolute atomic E-state index is 0.352. The van der Waals surface area contributed by atoms with E-state index in [-0.39, 0.29) is 21.1 Å². The molecule has 0 aromatic heterocycles. The number of ether oxygens (including phenoxy) is 1. The van der Waals surface area contributed by atoms with Crippen LogP contribution in [0.15, 0.2) is 9.35 Å². The molecule has 0 aliphatic heterocycles. The van der Waals surface area contributed by atoms with Crippen LogP contribution < -0.4 is 0 Å². The number of hydrogen-bond acceptors (Lipinski definition) is 1. The summed E-state index contributed by atoms with van der Waals surface area (Å²) in [5.74, 6) is 1.40. The predicted molar refractivity (Wildman–Crippen MR) is 87.8 cm³/mol. The maximum absolute atomic E-state index is 5.98. The predicted octanol–water partition coefficient (Wildman–Crippen LogP) is 5.93. The van der Waals surface area contributed by atoms with E-state index in [4.69, 9.17) is 4.74 Å². The van der Waals surface area contributed by atoms with Gasteiger partial charge in [-0.3, -0.25) is 0 Å².